The van der Waals surface area contributed by atoms with Crippen molar-refractivity contribution in [2.45, 2.75) is 32.2 Å². The third-order valence-corrected chi connectivity index (χ3v) is 5.17. The van der Waals surface area contributed by atoms with Crippen LogP contribution in [0.2, 0.25) is 0 Å². The highest BCUT2D eigenvalue weighted by Crippen LogP contribution is 2.28. The number of fused-ring (bicyclic) bond motifs is 1. The second-order valence-corrected chi connectivity index (χ2v) is 6.83. The van der Waals surface area contributed by atoms with Crippen LogP contribution in [-0.4, -0.2) is 43.2 Å². The molecule has 1 fully saturated rings. The molecule has 0 aliphatic carbocycles. The van der Waals surface area contributed by atoms with Crippen molar-refractivity contribution in [2.75, 3.05) is 13.1 Å². The summed E-state index contributed by atoms with van der Waals surface area (Å²) in [6.07, 6.45) is 3.82. The molecule has 1 aromatic carbocycles. The lowest BCUT2D eigenvalue weighted by atomic mass is 9.97. The molecule has 130 valence electrons. The second kappa shape index (κ2) is 6.35. The first-order valence-electron chi connectivity index (χ1n) is 8.81. The van der Waals surface area contributed by atoms with Gasteiger partial charge in [0.2, 0.25) is 5.91 Å². The summed E-state index contributed by atoms with van der Waals surface area (Å²) in [4.78, 5) is 19.5. The van der Waals surface area contributed by atoms with Crippen LogP contribution in [0.5, 0.6) is 0 Å². The minimum atomic E-state index is 0.135. The van der Waals surface area contributed by atoms with E-state index in [0.717, 1.165) is 48.5 Å². The average molecular weight is 337 g/mol. The van der Waals surface area contributed by atoms with E-state index in [9.17, 15) is 4.79 Å². The number of carbonyl (C=O) groups excluding carboxylic acids is 1. The molecule has 3 aromatic rings. The first-order chi connectivity index (χ1) is 12.1. The molecular formula is C19H23N5O. The third kappa shape index (κ3) is 2.92. The van der Waals surface area contributed by atoms with Gasteiger partial charge in [-0.05, 0) is 38.0 Å². The van der Waals surface area contributed by atoms with E-state index in [2.05, 4.69) is 22.8 Å². The summed E-state index contributed by atoms with van der Waals surface area (Å²) in [6.45, 7) is 3.84. The van der Waals surface area contributed by atoms with Gasteiger partial charge in [-0.2, -0.15) is 5.10 Å². The molecule has 1 atom stereocenters. The Morgan fingerprint density at radius 3 is 2.88 bits per heavy atom. The maximum Gasteiger partial charge on any atom is 0.244 e. The van der Waals surface area contributed by atoms with Gasteiger partial charge in [-0.15, -0.1) is 0 Å². The van der Waals surface area contributed by atoms with E-state index in [1.165, 1.54) is 0 Å². The lowest BCUT2D eigenvalue weighted by Crippen LogP contribution is -2.41. The van der Waals surface area contributed by atoms with Gasteiger partial charge in [-0.3, -0.25) is 9.48 Å². The van der Waals surface area contributed by atoms with Crippen LogP contribution in [-0.2, 0) is 18.4 Å². The molecule has 1 aliphatic heterocycles. The number of imidazole rings is 1. The number of aryl methyl sites for hydroxylation is 2. The van der Waals surface area contributed by atoms with Crippen molar-refractivity contribution in [2.24, 2.45) is 7.05 Å². The van der Waals surface area contributed by atoms with Crippen LogP contribution >= 0.6 is 0 Å². The van der Waals surface area contributed by atoms with Crippen LogP contribution in [0.25, 0.3) is 11.0 Å². The van der Waals surface area contributed by atoms with Gasteiger partial charge in [0.05, 0.1) is 11.0 Å². The van der Waals surface area contributed by atoms with Gasteiger partial charge in [0.25, 0.3) is 0 Å². The van der Waals surface area contributed by atoms with E-state index in [4.69, 9.17) is 4.98 Å². The lowest BCUT2D eigenvalue weighted by Gasteiger charge is -2.32. The van der Waals surface area contributed by atoms with Gasteiger partial charge in [0.15, 0.2) is 0 Å². The SMILES string of the molecule is Cc1ccnn1CC(=O)N1CCCC(c2nc3ccccc3n2C)C1. The quantitative estimate of drug-likeness (QED) is 0.738. The maximum absolute atomic E-state index is 12.7. The van der Waals surface area contributed by atoms with Gasteiger partial charge in [0.1, 0.15) is 12.4 Å². The van der Waals surface area contributed by atoms with E-state index < -0.39 is 0 Å². The Balaban J connectivity index is 1.53. The Hall–Kier alpha value is -2.63. The monoisotopic (exact) mass is 337 g/mol. The number of rotatable bonds is 3. The molecule has 0 saturated carbocycles. The van der Waals surface area contributed by atoms with Crippen molar-refractivity contribution < 1.29 is 4.79 Å². The fraction of sp³-hybridized carbons (Fsp3) is 0.421. The number of aromatic nitrogens is 4. The minimum Gasteiger partial charge on any atom is -0.340 e. The molecular weight excluding hydrogens is 314 g/mol. The van der Waals surface area contributed by atoms with Crippen LogP contribution in [0, 0.1) is 6.92 Å². The van der Waals surface area contributed by atoms with Crippen molar-refractivity contribution in [3.63, 3.8) is 0 Å². The van der Waals surface area contributed by atoms with E-state index >= 15 is 0 Å². The van der Waals surface area contributed by atoms with Crippen molar-refractivity contribution >= 4 is 16.9 Å². The summed E-state index contributed by atoms with van der Waals surface area (Å²) < 4.78 is 3.94. The standard InChI is InChI=1S/C19H23N5O/c1-14-9-10-20-24(14)13-18(25)23-11-5-6-15(12-23)19-21-16-7-3-4-8-17(16)22(19)2/h3-4,7-10,15H,5-6,11-13H2,1-2H3. The van der Waals surface area contributed by atoms with E-state index in [-0.39, 0.29) is 11.8 Å². The Labute approximate surface area is 147 Å². The molecule has 0 radical (unpaired) electrons. The molecule has 1 amide bonds. The van der Waals surface area contributed by atoms with Gasteiger partial charge in [-0.25, -0.2) is 4.98 Å². The van der Waals surface area contributed by atoms with Crippen molar-refractivity contribution in [1.29, 1.82) is 0 Å². The van der Waals surface area contributed by atoms with Crippen LogP contribution in [0.3, 0.4) is 0 Å². The minimum absolute atomic E-state index is 0.135. The second-order valence-electron chi connectivity index (χ2n) is 6.83. The number of benzene rings is 1. The van der Waals surface area contributed by atoms with Crippen molar-refractivity contribution in [3.8, 4) is 0 Å². The van der Waals surface area contributed by atoms with Crippen LogP contribution < -0.4 is 0 Å². The highest BCUT2D eigenvalue weighted by molar-refractivity contribution is 5.77. The Bertz CT molecular complexity index is 910. The smallest absolute Gasteiger partial charge is 0.244 e. The first kappa shape index (κ1) is 15.9. The topological polar surface area (TPSA) is 56.0 Å². The zero-order valence-corrected chi connectivity index (χ0v) is 14.7. The summed E-state index contributed by atoms with van der Waals surface area (Å²) in [5.41, 5.74) is 3.18. The van der Waals surface area contributed by atoms with Crippen LogP contribution in [0.1, 0.15) is 30.3 Å². The first-order valence-corrected chi connectivity index (χ1v) is 8.81. The molecule has 4 rings (SSSR count). The summed E-state index contributed by atoms with van der Waals surface area (Å²) in [6, 6.07) is 10.1. The van der Waals surface area contributed by atoms with Crippen LogP contribution in [0.15, 0.2) is 36.5 Å². The highest BCUT2D eigenvalue weighted by Gasteiger charge is 2.28. The average Bonchev–Trinajstić information content (AvgIpc) is 3.19. The summed E-state index contributed by atoms with van der Waals surface area (Å²) in [7, 11) is 2.07. The molecule has 6 heteroatoms. The number of amides is 1. The van der Waals surface area contributed by atoms with E-state index in [1.54, 1.807) is 10.9 Å². The number of para-hydroxylation sites is 2. The molecule has 1 unspecified atom stereocenters. The predicted octanol–water partition coefficient (Wildman–Crippen LogP) is 2.48. The van der Waals surface area contributed by atoms with Crippen LogP contribution in [0.4, 0.5) is 0 Å². The maximum atomic E-state index is 12.7. The van der Waals surface area contributed by atoms with Gasteiger partial charge in [-0.1, -0.05) is 12.1 Å². The van der Waals surface area contributed by atoms with Gasteiger partial charge in [0, 0.05) is 37.9 Å². The zero-order valence-electron chi connectivity index (χ0n) is 14.7. The molecule has 0 bridgehead atoms. The van der Waals surface area contributed by atoms with Gasteiger partial charge < -0.3 is 9.47 Å². The molecule has 3 heterocycles. The highest BCUT2D eigenvalue weighted by atomic mass is 16.2. The normalized spacial score (nSPS) is 18.0. The number of piperidine rings is 1. The predicted molar refractivity (Wildman–Crippen MR) is 96.2 cm³/mol. The fourth-order valence-electron chi connectivity index (χ4n) is 3.74. The third-order valence-electron chi connectivity index (χ3n) is 5.17. The van der Waals surface area contributed by atoms with E-state index in [1.807, 2.05) is 36.1 Å². The lowest BCUT2D eigenvalue weighted by molar-refractivity contribution is -0.133. The molecule has 6 nitrogen and oxygen atoms in total. The summed E-state index contributed by atoms with van der Waals surface area (Å²) >= 11 is 0. The van der Waals surface area contributed by atoms with Gasteiger partial charge >= 0.3 is 0 Å². The fourth-order valence-corrected chi connectivity index (χ4v) is 3.74. The zero-order chi connectivity index (χ0) is 17.4. The molecule has 0 N–H and O–H groups in total. The van der Waals surface area contributed by atoms with E-state index in [0.29, 0.717) is 6.54 Å². The molecule has 25 heavy (non-hydrogen) atoms. The molecule has 1 saturated heterocycles. The number of hydrogen-bond acceptors (Lipinski definition) is 3. The van der Waals surface area contributed by atoms with Crippen molar-refractivity contribution in [1.82, 2.24) is 24.2 Å². The number of nitrogens with zero attached hydrogens (tertiary/aromatic N) is 5. The Kier molecular flexibility index (Phi) is 4.03. The number of hydrogen-bond donors (Lipinski definition) is 0. The van der Waals surface area contributed by atoms with Crippen molar-refractivity contribution in [3.05, 3.63) is 48.0 Å². The number of carbonyl (C=O) groups is 1. The summed E-state index contributed by atoms with van der Waals surface area (Å²) in [5, 5.41) is 4.22. The Morgan fingerprint density at radius 1 is 1.28 bits per heavy atom. The largest absolute Gasteiger partial charge is 0.340 e. The summed E-state index contributed by atoms with van der Waals surface area (Å²) in [5.74, 6) is 1.50. The molecule has 2 aromatic heterocycles. The molecule has 1 aliphatic rings. The Morgan fingerprint density at radius 2 is 2.12 bits per heavy atom. The number of likely N-dealkylation sites (tertiary alicyclic amines) is 1. The molecule has 0 spiro atoms.